The quantitative estimate of drug-likeness (QED) is 0.477. The van der Waals surface area contributed by atoms with E-state index in [1.54, 1.807) is 0 Å². The number of hydrogen-bond acceptors (Lipinski definition) is 3. The molecule has 2 rings (SSSR count). The maximum atomic E-state index is 12.0. The molecule has 1 saturated heterocycles. The van der Waals surface area contributed by atoms with E-state index in [1.165, 1.54) is 0 Å². The summed E-state index contributed by atoms with van der Waals surface area (Å²) >= 11 is 0. The Hall–Kier alpha value is -2.24. The Bertz CT molecular complexity index is 647. The number of carbonyl (C=O) groups excluding carboxylic acids is 1. The fourth-order valence-electron chi connectivity index (χ4n) is 3.50. The lowest BCUT2D eigenvalue weighted by Gasteiger charge is -2.27. The van der Waals surface area contributed by atoms with Gasteiger partial charge in [-0.3, -0.25) is 4.79 Å². The highest BCUT2D eigenvalue weighted by Gasteiger charge is 2.26. The van der Waals surface area contributed by atoms with Gasteiger partial charge in [-0.05, 0) is 51.7 Å². The van der Waals surface area contributed by atoms with Crippen LogP contribution in [0.4, 0.5) is 0 Å². The summed E-state index contributed by atoms with van der Waals surface area (Å²) in [6.45, 7) is 11.4. The van der Waals surface area contributed by atoms with E-state index in [9.17, 15) is 4.79 Å². The molecule has 1 fully saturated rings. The molecule has 0 aliphatic carbocycles. The smallest absolute Gasteiger partial charge is 0.222 e. The number of likely N-dealkylation sites (tertiary alicyclic amines) is 1. The Morgan fingerprint density at radius 3 is 2.71 bits per heavy atom. The summed E-state index contributed by atoms with van der Waals surface area (Å²) in [6.07, 6.45) is 3.60. The van der Waals surface area contributed by atoms with Crippen molar-refractivity contribution >= 4 is 11.9 Å². The van der Waals surface area contributed by atoms with Gasteiger partial charge in [0.1, 0.15) is 11.9 Å². The fraction of sp³-hybridized carbons (Fsp3) is 0.636. The van der Waals surface area contributed by atoms with Crippen molar-refractivity contribution in [1.82, 2.24) is 15.5 Å². The number of carbonyl (C=O) groups is 1. The molecule has 1 amide bonds. The number of guanidine groups is 1. The molecule has 156 valence electrons. The maximum absolute atomic E-state index is 12.0. The minimum Gasteiger partial charge on any atom is -0.489 e. The van der Waals surface area contributed by atoms with Crippen molar-refractivity contribution in [3.8, 4) is 5.75 Å². The summed E-state index contributed by atoms with van der Waals surface area (Å²) in [5.41, 5.74) is 1.13. The standard InChI is InChI=1S/C22H36N4O2/c1-5-19(26-15-9-12-21(26)27)13-14-24-22(23-6-2)25-16-18(4)28-20-11-8-7-10-17(20)3/h7-8,10-11,18-19H,5-6,9,12-16H2,1-4H3,(H2,23,24,25). The lowest BCUT2D eigenvalue weighted by Crippen LogP contribution is -2.42. The first-order valence-corrected chi connectivity index (χ1v) is 10.6. The van der Waals surface area contributed by atoms with Crippen molar-refractivity contribution in [2.24, 2.45) is 4.99 Å². The largest absolute Gasteiger partial charge is 0.489 e. The molecule has 6 nitrogen and oxygen atoms in total. The topological polar surface area (TPSA) is 66.0 Å². The molecule has 1 aromatic rings. The summed E-state index contributed by atoms with van der Waals surface area (Å²) in [7, 11) is 0. The molecule has 1 heterocycles. The van der Waals surface area contributed by atoms with E-state index in [4.69, 9.17) is 4.74 Å². The number of hydrogen-bond donors (Lipinski definition) is 2. The summed E-state index contributed by atoms with van der Waals surface area (Å²) in [6, 6.07) is 8.35. The van der Waals surface area contributed by atoms with Crippen LogP contribution in [0.3, 0.4) is 0 Å². The van der Waals surface area contributed by atoms with Gasteiger partial charge in [0.2, 0.25) is 5.91 Å². The molecule has 2 N–H and O–H groups in total. The molecule has 2 unspecified atom stereocenters. The Kier molecular flexibility index (Phi) is 9.11. The minimum absolute atomic E-state index is 0.0119. The third-order valence-electron chi connectivity index (χ3n) is 5.06. The van der Waals surface area contributed by atoms with Gasteiger partial charge in [-0.25, -0.2) is 4.99 Å². The fourth-order valence-corrected chi connectivity index (χ4v) is 3.50. The summed E-state index contributed by atoms with van der Waals surface area (Å²) in [5.74, 6) is 2.00. The highest BCUT2D eigenvalue weighted by molar-refractivity contribution is 5.80. The highest BCUT2D eigenvalue weighted by Crippen LogP contribution is 2.18. The molecule has 0 bridgehead atoms. The van der Waals surface area contributed by atoms with Crippen LogP contribution in [0.2, 0.25) is 0 Å². The van der Waals surface area contributed by atoms with Crippen LogP contribution >= 0.6 is 0 Å². The van der Waals surface area contributed by atoms with Crippen molar-refractivity contribution in [2.75, 3.05) is 26.2 Å². The molecular weight excluding hydrogens is 352 g/mol. The summed E-state index contributed by atoms with van der Waals surface area (Å²) in [5, 5.41) is 6.69. The molecule has 1 aromatic carbocycles. The lowest BCUT2D eigenvalue weighted by atomic mass is 10.1. The predicted molar refractivity (Wildman–Crippen MR) is 115 cm³/mol. The number of aryl methyl sites for hydroxylation is 1. The van der Waals surface area contributed by atoms with E-state index >= 15 is 0 Å². The van der Waals surface area contributed by atoms with Crippen LogP contribution in [0, 0.1) is 6.92 Å². The minimum atomic E-state index is -0.0119. The third kappa shape index (κ3) is 6.73. The number of benzene rings is 1. The van der Waals surface area contributed by atoms with Crippen LogP contribution in [0.25, 0.3) is 0 Å². The van der Waals surface area contributed by atoms with E-state index in [0.717, 1.165) is 56.2 Å². The molecule has 6 heteroatoms. The molecule has 0 radical (unpaired) electrons. The van der Waals surface area contributed by atoms with Gasteiger partial charge in [0.15, 0.2) is 5.96 Å². The van der Waals surface area contributed by atoms with Gasteiger partial charge in [-0.1, -0.05) is 25.1 Å². The van der Waals surface area contributed by atoms with Gasteiger partial charge in [0.05, 0.1) is 6.54 Å². The molecule has 1 aliphatic heterocycles. The molecule has 2 atom stereocenters. The van der Waals surface area contributed by atoms with Crippen LogP contribution in [-0.2, 0) is 4.79 Å². The maximum Gasteiger partial charge on any atom is 0.222 e. The molecule has 0 spiro atoms. The molecule has 1 aliphatic rings. The van der Waals surface area contributed by atoms with Crippen LogP contribution < -0.4 is 15.4 Å². The number of para-hydroxylation sites is 1. The van der Waals surface area contributed by atoms with Crippen molar-refractivity contribution in [3.63, 3.8) is 0 Å². The number of aliphatic imine (C=N–C) groups is 1. The van der Waals surface area contributed by atoms with Gasteiger partial charge in [0.25, 0.3) is 0 Å². The van der Waals surface area contributed by atoms with E-state index < -0.39 is 0 Å². The monoisotopic (exact) mass is 388 g/mol. The average molecular weight is 389 g/mol. The lowest BCUT2D eigenvalue weighted by molar-refractivity contribution is -0.129. The van der Waals surface area contributed by atoms with E-state index in [0.29, 0.717) is 24.9 Å². The Balaban J connectivity index is 1.82. The Labute approximate surface area is 169 Å². The van der Waals surface area contributed by atoms with Crippen molar-refractivity contribution in [3.05, 3.63) is 29.8 Å². The van der Waals surface area contributed by atoms with Crippen LogP contribution in [0.15, 0.2) is 29.3 Å². The first-order chi connectivity index (χ1) is 13.5. The van der Waals surface area contributed by atoms with Gasteiger partial charge in [-0.15, -0.1) is 0 Å². The average Bonchev–Trinajstić information content (AvgIpc) is 3.11. The van der Waals surface area contributed by atoms with E-state index in [-0.39, 0.29) is 6.10 Å². The van der Waals surface area contributed by atoms with Crippen molar-refractivity contribution < 1.29 is 9.53 Å². The van der Waals surface area contributed by atoms with Gasteiger partial charge < -0.3 is 20.3 Å². The van der Waals surface area contributed by atoms with Gasteiger partial charge in [-0.2, -0.15) is 0 Å². The second kappa shape index (κ2) is 11.6. The zero-order valence-electron chi connectivity index (χ0n) is 17.8. The van der Waals surface area contributed by atoms with E-state index in [1.807, 2.05) is 43.0 Å². The SMILES string of the molecule is CCNC(=NCC(C)Oc1ccccc1C)NCCC(CC)N1CCCC1=O. The van der Waals surface area contributed by atoms with Crippen LogP contribution in [0.5, 0.6) is 5.75 Å². The molecular formula is C22H36N4O2. The first-order valence-electron chi connectivity index (χ1n) is 10.6. The number of nitrogens with one attached hydrogen (secondary N) is 2. The number of nitrogens with zero attached hydrogens (tertiary/aromatic N) is 2. The van der Waals surface area contributed by atoms with E-state index in [2.05, 4.69) is 29.5 Å². The first kappa shape index (κ1) is 22.1. The molecule has 0 saturated carbocycles. The second-order valence-electron chi connectivity index (χ2n) is 7.38. The Morgan fingerprint density at radius 1 is 1.29 bits per heavy atom. The van der Waals surface area contributed by atoms with Crippen molar-refractivity contribution in [2.45, 2.75) is 65.5 Å². The third-order valence-corrected chi connectivity index (χ3v) is 5.06. The number of amides is 1. The normalized spacial score (nSPS) is 16.8. The van der Waals surface area contributed by atoms with Crippen LogP contribution in [-0.4, -0.2) is 55.1 Å². The summed E-state index contributed by atoms with van der Waals surface area (Å²) in [4.78, 5) is 18.7. The van der Waals surface area contributed by atoms with Gasteiger partial charge >= 0.3 is 0 Å². The van der Waals surface area contributed by atoms with Crippen LogP contribution in [0.1, 0.15) is 52.0 Å². The second-order valence-corrected chi connectivity index (χ2v) is 7.38. The molecule has 0 aromatic heterocycles. The summed E-state index contributed by atoms with van der Waals surface area (Å²) < 4.78 is 6.01. The zero-order chi connectivity index (χ0) is 20.4. The number of rotatable bonds is 10. The Morgan fingerprint density at radius 2 is 2.07 bits per heavy atom. The molecule has 28 heavy (non-hydrogen) atoms. The van der Waals surface area contributed by atoms with Gasteiger partial charge in [0, 0.05) is 32.1 Å². The highest BCUT2D eigenvalue weighted by atomic mass is 16.5. The van der Waals surface area contributed by atoms with Crippen molar-refractivity contribution in [1.29, 1.82) is 0 Å². The zero-order valence-corrected chi connectivity index (χ0v) is 17.8. The predicted octanol–water partition coefficient (Wildman–Crippen LogP) is 3.11. The number of ether oxygens (including phenoxy) is 1.